The second-order valence-electron chi connectivity index (χ2n) is 5.12. The summed E-state index contributed by atoms with van der Waals surface area (Å²) < 4.78 is 5.38. The summed E-state index contributed by atoms with van der Waals surface area (Å²) in [5.74, 6) is 2.14. The van der Waals surface area contributed by atoms with E-state index in [1.807, 2.05) is 42.5 Å². The number of benzene rings is 1. The second kappa shape index (κ2) is 7.41. The van der Waals surface area contributed by atoms with Gasteiger partial charge in [-0.15, -0.1) is 0 Å². The van der Waals surface area contributed by atoms with Gasteiger partial charge in [0.2, 0.25) is 5.95 Å². The minimum atomic E-state index is 0.555. The van der Waals surface area contributed by atoms with E-state index in [4.69, 9.17) is 4.74 Å². The minimum Gasteiger partial charge on any atom is -0.496 e. The first kappa shape index (κ1) is 15.7. The van der Waals surface area contributed by atoms with Gasteiger partial charge in [-0.05, 0) is 18.2 Å². The van der Waals surface area contributed by atoms with E-state index in [9.17, 15) is 0 Å². The highest BCUT2D eigenvalue weighted by Crippen LogP contribution is 2.22. The van der Waals surface area contributed by atoms with Crippen LogP contribution < -0.4 is 15.4 Å². The van der Waals surface area contributed by atoms with E-state index in [0.29, 0.717) is 12.5 Å². The number of hydrogen-bond donors (Lipinski definition) is 2. The van der Waals surface area contributed by atoms with E-state index in [0.717, 1.165) is 28.4 Å². The normalized spacial score (nSPS) is 10.2. The Morgan fingerprint density at radius 1 is 1.08 bits per heavy atom. The Bertz CT molecular complexity index is 808. The second-order valence-corrected chi connectivity index (χ2v) is 5.12. The zero-order chi connectivity index (χ0) is 16.8. The monoisotopic (exact) mass is 321 g/mol. The summed E-state index contributed by atoms with van der Waals surface area (Å²) in [6.07, 6.45) is 3.52. The van der Waals surface area contributed by atoms with Crippen molar-refractivity contribution in [2.75, 3.05) is 24.8 Å². The lowest BCUT2D eigenvalue weighted by Gasteiger charge is -2.12. The van der Waals surface area contributed by atoms with Crippen molar-refractivity contribution in [2.24, 2.45) is 0 Å². The van der Waals surface area contributed by atoms with Crippen LogP contribution in [0.4, 0.5) is 11.8 Å². The first-order valence-electron chi connectivity index (χ1n) is 7.63. The van der Waals surface area contributed by atoms with Crippen molar-refractivity contribution in [3.8, 4) is 17.0 Å². The van der Waals surface area contributed by atoms with Gasteiger partial charge in [-0.1, -0.05) is 18.2 Å². The molecule has 2 aromatic heterocycles. The summed E-state index contributed by atoms with van der Waals surface area (Å²) in [5, 5.41) is 6.32. The van der Waals surface area contributed by atoms with Crippen molar-refractivity contribution in [1.82, 2.24) is 15.0 Å². The van der Waals surface area contributed by atoms with Gasteiger partial charge in [-0.25, -0.2) is 4.98 Å². The van der Waals surface area contributed by atoms with Gasteiger partial charge >= 0.3 is 0 Å². The molecule has 2 N–H and O–H groups in total. The summed E-state index contributed by atoms with van der Waals surface area (Å²) in [4.78, 5) is 13.1. The molecule has 3 aromatic rings. The molecule has 0 saturated heterocycles. The number of nitrogens with one attached hydrogen (secondary N) is 2. The van der Waals surface area contributed by atoms with Gasteiger partial charge in [0.05, 0.1) is 12.8 Å². The maximum atomic E-state index is 5.38. The fourth-order valence-electron chi connectivity index (χ4n) is 2.35. The number of aromatic nitrogens is 3. The van der Waals surface area contributed by atoms with E-state index in [-0.39, 0.29) is 0 Å². The van der Waals surface area contributed by atoms with Gasteiger partial charge < -0.3 is 15.4 Å². The lowest BCUT2D eigenvalue weighted by atomic mass is 10.2. The molecule has 0 aliphatic heterocycles. The largest absolute Gasteiger partial charge is 0.496 e. The van der Waals surface area contributed by atoms with Crippen LogP contribution in [0, 0.1) is 0 Å². The molecule has 0 unspecified atom stereocenters. The zero-order valence-electron chi connectivity index (χ0n) is 13.7. The highest BCUT2D eigenvalue weighted by Gasteiger charge is 2.07. The molecule has 24 heavy (non-hydrogen) atoms. The smallest absolute Gasteiger partial charge is 0.224 e. The molecule has 1 aromatic carbocycles. The molecule has 0 aliphatic rings. The minimum absolute atomic E-state index is 0.555. The van der Waals surface area contributed by atoms with Crippen molar-refractivity contribution < 1.29 is 4.74 Å². The number of pyridine rings is 1. The molecule has 0 spiro atoms. The Balaban J connectivity index is 1.85. The van der Waals surface area contributed by atoms with Crippen LogP contribution >= 0.6 is 0 Å². The predicted molar refractivity (Wildman–Crippen MR) is 95.1 cm³/mol. The van der Waals surface area contributed by atoms with Crippen LogP contribution in [0.15, 0.2) is 54.9 Å². The van der Waals surface area contributed by atoms with Crippen LogP contribution in [-0.4, -0.2) is 29.1 Å². The van der Waals surface area contributed by atoms with E-state index < -0.39 is 0 Å². The summed E-state index contributed by atoms with van der Waals surface area (Å²) in [7, 11) is 3.47. The number of methoxy groups -OCH3 is 1. The topological polar surface area (TPSA) is 72.0 Å². The van der Waals surface area contributed by atoms with E-state index in [2.05, 4.69) is 25.6 Å². The Kier molecular flexibility index (Phi) is 4.86. The third-order valence-electron chi connectivity index (χ3n) is 3.56. The average Bonchev–Trinajstić information content (AvgIpc) is 2.67. The number of ether oxygens (including phenoxy) is 1. The number of rotatable bonds is 6. The highest BCUT2D eigenvalue weighted by molar-refractivity contribution is 5.63. The van der Waals surface area contributed by atoms with E-state index in [1.165, 1.54) is 0 Å². The zero-order valence-corrected chi connectivity index (χ0v) is 13.7. The third kappa shape index (κ3) is 3.60. The SMILES string of the molecule is CNc1nc(NCc2ccccc2OC)cc(-c2cccnc2)n1. The first-order valence-corrected chi connectivity index (χ1v) is 7.63. The average molecular weight is 321 g/mol. The van der Waals surface area contributed by atoms with Gasteiger partial charge in [0.15, 0.2) is 0 Å². The lowest BCUT2D eigenvalue weighted by Crippen LogP contribution is -2.06. The molecular weight excluding hydrogens is 302 g/mol. The highest BCUT2D eigenvalue weighted by atomic mass is 16.5. The fourth-order valence-corrected chi connectivity index (χ4v) is 2.35. The lowest BCUT2D eigenvalue weighted by molar-refractivity contribution is 0.410. The number of para-hydroxylation sites is 1. The van der Waals surface area contributed by atoms with Crippen molar-refractivity contribution in [1.29, 1.82) is 0 Å². The van der Waals surface area contributed by atoms with Crippen molar-refractivity contribution in [3.63, 3.8) is 0 Å². The number of nitrogens with zero attached hydrogens (tertiary/aromatic N) is 3. The maximum absolute atomic E-state index is 5.38. The van der Waals surface area contributed by atoms with Crippen molar-refractivity contribution in [2.45, 2.75) is 6.54 Å². The summed E-state index contributed by atoms with van der Waals surface area (Å²) in [5.41, 5.74) is 2.81. The van der Waals surface area contributed by atoms with Crippen LogP contribution in [0.2, 0.25) is 0 Å². The van der Waals surface area contributed by atoms with Crippen molar-refractivity contribution in [3.05, 3.63) is 60.4 Å². The van der Waals surface area contributed by atoms with Gasteiger partial charge in [0, 0.05) is 43.2 Å². The van der Waals surface area contributed by atoms with Gasteiger partial charge in [-0.2, -0.15) is 4.98 Å². The molecule has 0 bridgehead atoms. The number of hydrogen-bond acceptors (Lipinski definition) is 6. The van der Waals surface area contributed by atoms with Crippen LogP contribution in [0.3, 0.4) is 0 Å². The van der Waals surface area contributed by atoms with Crippen LogP contribution in [0.1, 0.15) is 5.56 Å². The molecule has 6 heteroatoms. The predicted octanol–water partition coefficient (Wildman–Crippen LogP) is 3.20. The Labute approximate surface area is 141 Å². The summed E-state index contributed by atoms with van der Waals surface area (Å²) in [6.45, 7) is 0.608. The van der Waals surface area contributed by atoms with Crippen molar-refractivity contribution >= 4 is 11.8 Å². The van der Waals surface area contributed by atoms with Gasteiger partial charge in [0.1, 0.15) is 11.6 Å². The molecule has 0 amide bonds. The molecule has 0 radical (unpaired) electrons. The molecule has 2 heterocycles. The fraction of sp³-hybridized carbons (Fsp3) is 0.167. The summed E-state index contributed by atoms with van der Waals surface area (Å²) in [6, 6.07) is 13.7. The van der Waals surface area contributed by atoms with E-state index in [1.54, 1.807) is 26.6 Å². The molecule has 122 valence electrons. The maximum Gasteiger partial charge on any atom is 0.224 e. The molecule has 0 atom stereocenters. The van der Waals surface area contributed by atoms with Crippen LogP contribution in [-0.2, 0) is 6.54 Å². The number of anilines is 2. The Morgan fingerprint density at radius 3 is 2.71 bits per heavy atom. The quantitative estimate of drug-likeness (QED) is 0.726. The van der Waals surface area contributed by atoms with Gasteiger partial charge in [-0.3, -0.25) is 4.98 Å². The van der Waals surface area contributed by atoms with Crippen LogP contribution in [0.5, 0.6) is 5.75 Å². The third-order valence-corrected chi connectivity index (χ3v) is 3.56. The molecular formula is C18H19N5O. The Hall–Kier alpha value is -3.15. The molecule has 0 fully saturated rings. The first-order chi connectivity index (χ1) is 11.8. The van der Waals surface area contributed by atoms with E-state index >= 15 is 0 Å². The molecule has 0 aliphatic carbocycles. The summed E-state index contributed by atoms with van der Waals surface area (Å²) >= 11 is 0. The standard InChI is InChI=1S/C18H19N5O/c1-19-18-22-15(13-7-5-9-20-11-13)10-17(23-18)21-12-14-6-3-4-8-16(14)24-2/h3-11H,12H2,1-2H3,(H2,19,21,22,23). The molecule has 0 saturated carbocycles. The molecule has 6 nitrogen and oxygen atoms in total. The molecule has 3 rings (SSSR count). The van der Waals surface area contributed by atoms with Gasteiger partial charge in [0.25, 0.3) is 0 Å². The Morgan fingerprint density at radius 2 is 1.96 bits per heavy atom. The van der Waals surface area contributed by atoms with Crippen LogP contribution in [0.25, 0.3) is 11.3 Å².